The summed E-state index contributed by atoms with van der Waals surface area (Å²) in [4.78, 5) is 1.16. The van der Waals surface area contributed by atoms with Gasteiger partial charge in [0.2, 0.25) is 11.3 Å². The minimum Gasteiger partial charge on any atom is -0.619 e. The second kappa shape index (κ2) is 4.49. The quantitative estimate of drug-likeness (QED) is 0.461. The Hall–Kier alpha value is -1.51. The van der Waals surface area contributed by atoms with Gasteiger partial charge < -0.3 is 15.1 Å². The molecule has 1 aliphatic carbocycles. The summed E-state index contributed by atoms with van der Waals surface area (Å²) in [6.07, 6.45) is 0.787. The lowest BCUT2D eigenvalue weighted by atomic mass is 9.76. The molecular formula is C13H19N4O4+. The van der Waals surface area contributed by atoms with Gasteiger partial charge in [0.05, 0.1) is 13.2 Å². The molecule has 1 aromatic heterocycles. The summed E-state index contributed by atoms with van der Waals surface area (Å²) in [5, 5.41) is 31.7. The van der Waals surface area contributed by atoms with Crippen molar-refractivity contribution in [1.29, 1.82) is 0 Å². The number of fused-ring (bicyclic) bond motifs is 3. The van der Waals surface area contributed by atoms with Crippen LogP contribution >= 0.6 is 0 Å². The SMILES string of the molecule is C[C@@H]1[C@@H]([NH+]2CCOCC2)[N+]([O-])=C2CCc3nonc3[C@@]21O. The van der Waals surface area contributed by atoms with Gasteiger partial charge >= 0.3 is 0 Å². The van der Waals surface area contributed by atoms with Gasteiger partial charge in [-0.1, -0.05) is 10.3 Å². The van der Waals surface area contributed by atoms with Gasteiger partial charge in [0.15, 0.2) is 5.69 Å². The minimum atomic E-state index is -1.34. The van der Waals surface area contributed by atoms with E-state index >= 15 is 0 Å². The van der Waals surface area contributed by atoms with E-state index in [1.165, 1.54) is 0 Å². The van der Waals surface area contributed by atoms with Crippen LogP contribution in [0, 0.1) is 11.1 Å². The van der Waals surface area contributed by atoms with E-state index in [4.69, 9.17) is 9.37 Å². The molecule has 2 aliphatic heterocycles. The van der Waals surface area contributed by atoms with Crippen molar-refractivity contribution in [1.82, 2.24) is 10.3 Å². The average Bonchev–Trinajstić information content (AvgIpc) is 3.04. The largest absolute Gasteiger partial charge is 0.619 e. The number of rotatable bonds is 1. The van der Waals surface area contributed by atoms with E-state index in [-0.39, 0.29) is 12.1 Å². The number of ether oxygens (including phenoxy) is 1. The first-order valence-corrected chi connectivity index (χ1v) is 7.43. The molecule has 2 N–H and O–H groups in total. The summed E-state index contributed by atoms with van der Waals surface area (Å²) in [5.74, 6) is -0.260. The first-order valence-electron chi connectivity index (χ1n) is 7.43. The fourth-order valence-electron chi connectivity index (χ4n) is 4.03. The van der Waals surface area contributed by atoms with Crippen molar-refractivity contribution >= 4 is 5.71 Å². The Labute approximate surface area is 121 Å². The van der Waals surface area contributed by atoms with Crippen LogP contribution in [-0.4, -0.2) is 58.3 Å². The Balaban J connectivity index is 1.77. The number of morpholine rings is 1. The van der Waals surface area contributed by atoms with Gasteiger partial charge in [0.25, 0.3) is 6.17 Å². The molecule has 21 heavy (non-hydrogen) atoms. The second-order valence-electron chi connectivity index (χ2n) is 6.10. The van der Waals surface area contributed by atoms with Gasteiger partial charge in [-0.05, 0) is 6.92 Å². The summed E-state index contributed by atoms with van der Waals surface area (Å²) in [5.41, 5.74) is 0.249. The number of aromatic nitrogens is 2. The Kier molecular flexibility index (Phi) is 2.82. The number of hydroxylamine groups is 1. The number of nitrogens with zero attached hydrogens (tertiary/aromatic N) is 3. The molecule has 0 aromatic carbocycles. The van der Waals surface area contributed by atoms with Crippen LogP contribution in [0.1, 0.15) is 24.7 Å². The number of nitrogens with one attached hydrogen (secondary N) is 1. The highest BCUT2D eigenvalue weighted by molar-refractivity contribution is 5.92. The maximum absolute atomic E-state index is 12.8. The molecule has 0 spiro atoms. The smallest absolute Gasteiger partial charge is 0.294 e. The van der Waals surface area contributed by atoms with Crippen molar-refractivity contribution in [2.75, 3.05) is 26.3 Å². The fraction of sp³-hybridized carbons (Fsp3) is 0.769. The van der Waals surface area contributed by atoms with Crippen LogP contribution in [-0.2, 0) is 16.8 Å². The molecule has 1 fully saturated rings. The van der Waals surface area contributed by atoms with Crippen LogP contribution in [0.3, 0.4) is 0 Å². The van der Waals surface area contributed by atoms with Gasteiger partial charge in [-0.25, -0.2) is 4.63 Å². The molecule has 8 heteroatoms. The Morgan fingerprint density at radius 1 is 1.33 bits per heavy atom. The average molecular weight is 295 g/mol. The van der Waals surface area contributed by atoms with Gasteiger partial charge in [-0.2, -0.15) is 4.74 Å². The molecule has 0 unspecified atom stereocenters. The van der Waals surface area contributed by atoms with E-state index < -0.39 is 5.60 Å². The number of aryl methyl sites for hydroxylation is 1. The molecule has 3 aliphatic rings. The molecule has 1 aromatic rings. The normalized spacial score (nSPS) is 36.7. The first kappa shape index (κ1) is 13.2. The molecule has 0 saturated carbocycles. The van der Waals surface area contributed by atoms with Crippen LogP contribution in [0.5, 0.6) is 0 Å². The summed E-state index contributed by atoms with van der Waals surface area (Å²) < 4.78 is 11.2. The van der Waals surface area contributed by atoms with Crippen molar-refractivity contribution in [3.63, 3.8) is 0 Å². The number of quaternary nitrogens is 1. The van der Waals surface area contributed by atoms with Gasteiger partial charge in [0, 0.05) is 12.8 Å². The maximum Gasteiger partial charge on any atom is 0.294 e. The zero-order valence-corrected chi connectivity index (χ0v) is 11.9. The third kappa shape index (κ3) is 1.63. The predicted molar refractivity (Wildman–Crippen MR) is 69.6 cm³/mol. The fourth-order valence-corrected chi connectivity index (χ4v) is 4.03. The standard InChI is InChI=1S/C13H18N4O4/c1-8-12(16-4-6-20-7-5-16)17(19)10-3-2-9-11(13(8,10)18)15-21-14-9/h8,12,18H,2-7H2,1H3/p+1/t8-,12+,13+/m1/s1. The van der Waals surface area contributed by atoms with Crippen LogP contribution < -0.4 is 4.90 Å². The van der Waals surface area contributed by atoms with Crippen molar-refractivity contribution < 1.29 is 24.1 Å². The molecule has 0 radical (unpaired) electrons. The van der Waals surface area contributed by atoms with Crippen molar-refractivity contribution in [3.05, 3.63) is 16.6 Å². The van der Waals surface area contributed by atoms with Crippen LogP contribution in [0.4, 0.5) is 0 Å². The first-order chi connectivity index (χ1) is 10.1. The highest BCUT2D eigenvalue weighted by Gasteiger charge is 2.64. The Morgan fingerprint density at radius 2 is 2.10 bits per heavy atom. The lowest BCUT2D eigenvalue weighted by Gasteiger charge is -2.31. The Bertz CT molecular complexity index is 595. The van der Waals surface area contributed by atoms with Crippen LogP contribution in [0.25, 0.3) is 0 Å². The summed E-state index contributed by atoms with van der Waals surface area (Å²) in [6.45, 7) is 4.77. The molecule has 0 bridgehead atoms. The van der Waals surface area contributed by atoms with E-state index in [0.717, 1.165) is 22.7 Å². The third-order valence-electron chi connectivity index (χ3n) is 5.16. The van der Waals surface area contributed by atoms with Crippen molar-refractivity contribution in [2.24, 2.45) is 5.92 Å². The maximum atomic E-state index is 12.8. The summed E-state index contributed by atoms with van der Waals surface area (Å²) in [7, 11) is 0. The van der Waals surface area contributed by atoms with Crippen LogP contribution in [0.15, 0.2) is 4.63 Å². The molecule has 4 rings (SSSR count). The van der Waals surface area contributed by atoms with Gasteiger partial charge in [-0.3, -0.25) is 4.90 Å². The molecule has 0 amide bonds. The molecule has 3 atom stereocenters. The van der Waals surface area contributed by atoms with Crippen molar-refractivity contribution in [3.8, 4) is 0 Å². The predicted octanol–water partition coefficient (Wildman–Crippen LogP) is -1.95. The zero-order chi connectivity index (χ0) is 14.6. The number of aliphatic hydroxyl groups is 1. The van der Waals surface area contributed by atoms with E-state index in [2.05, 4.69) is 10.3 Å². The number of hydrogen-bond donors (Lipinski definition) is 2. The van der Waals surface area contributed by atoms with Crippen LogP contribution in [0.2, 0.25) is 0 Å². The molecule has 1 saturated heterocycles. The topological polar surface area (TPSA) is 98.9 Å². The highest BCUT2D eigenvalue weighted by Crippen LogP contribution is 2.42. The monoisotopic (exact) mass is 295 g/mol. The van der Waals surface area contributed by atoms with E-state index in [9.17, 15) is 10.3 Å². The highest BCUT2D eigenvalue weighted by atomic mass is 16.6. The van der Waals surface area contributed by atoms with E-state index in [1.807, 2.05) is 6.92 Å². The van der Waals surface area contributed by atoms with Gasteiger partial charge in [0.1, 0.15) is 24.7 Å². The van der Waals surface area contributed by atoms with Crippen molar-refractivity contribution in [2.45, 2.75) is 31.5 Å². The number of hydrogen-bond acceptors (Lipinski definition) is 6. The zero-order valence-electron chi connectivity index (χ0n) is 11.9. The molecular weight excluding hydrogens is 276 g/mol. The lowest BCUT2D eigenvalue weighted by molar-refractivity contribution is -1.01. The minimum absolute atomic E-state index is 0.260. The van der Waals surface area contributed by atoms with E-state index in [1.54, 1.807) is 0 Å². The third-order valence-corrected chi connectivity index (χ3v) is 5.16. The summed E-state index contributed by atoms with van der Waals surface area (Å²) >= 11 is 0. The Morgan fingerprint density at radius 3 is 2.86 bits per heavy atom. The van der Waals surface area contributed by atoms with E-state index in [0.29, 0.717) is 43.2 Å². The molecule has 3 heterocycles. The molecule has 114 valence electrons. The summed E-state index contributed by atoms with van der Waals surface area (Å²) in [6, 6.07) is 0. The molecule has 8 nitrogen and oxygen atoms in total. The second-order valence-corrected chi connectivity index (χ2v) is 6.10. The lowest BCUT2D eigenvalue weighted by Crippen LogP contribution is -3.19. The van der Waals surface area contributed by atoms with Gasteiger partial charge in [-0.15, -0.1) is 0 Å².